The highest BCUT2D eigenvalue weighted by molar-refractivity contribution is 6.00. The Bertz CT molecular complexity index is 1800. The Kier molecular flexibility index (Phi) is 15.4. The summed E-state index contributed by atoms with van der Waals surface area (Å²) in [7, 11) is 3.73. The molecule has 326 valence electrons. The fourth-order valence-electron chi connectivity index (χ4n) is 8.39. The summed E-state index contributed by atoms with van der Waals surface area (Å²) >= 11 is 0. The molecule has 4 heterocycles. The topological polar surface area (TPSA) is 193 Å². The molecule has 12 atom stereocenters. The number of esters is 1. The van der Waals surface area contributed by atoms with Crippen molar-refractivity contribution in [2.24, 2.45) is 27.9 Å². The van der Waals surface area contributed by atoms with Crippen LogP contribution >= 0.6 is 0 Å². The number of rotatable bonds is 8. The molecule has 1 aromatic carbocycles. The van der Waals surface area contributed by atoms with E-state index in [9.17, 15) is 24.6 Å². The molecule has 0 aliphatic carbocycles. The number of fused-ring (bicyclic) bond motifs is 5. The number of aromatic nitrogens is 2. The summed E-state index contributed by atoms with van der Waals surface area (Å²) in [5, 5.41) is 32.6. The number of cyclic esters (lactones) is 1. The number of aliphatic hydroxyl groups is 2. The van der Waals surface area contributed by atoms with E-state index >= 15 is 0 Å². The number of hydrogen-bond acceptors (Lipinski definition) is 14. The zero-order valence-electron chi connectivity index (χ0n) is 36.1. The summed E-state index contributed by atoms with van der Waals surface area (Å²) in [6, 6.07) is 9.17. The van der Waals surface area contributed by atoms with Crippen LogP contribution in [0.2, 0.25) is 0 Å². The Morgan fingerprint density at radius 1 is 1.10 bits per heavy atom. The fraction of sp³-hybridized carbons (Fsp3) is 0.674. The lowest BCUT2D eigenvalue weighted by Crippen LogP contribution is -2.59. The molecule has 2 aromatic rings. The van der Waals surface area contributed by atoms with Gasteiger partial charge < -0.3 is 43.6 Å². The molecule has 3 aliphatic rings. The van der Waals surface area contributed by atoms with Crippen LogP contribution in [0.1, 0.15) is 86.6 Å². The van der Waals surface area contributed by atoms with Crippen molar-refractivity contribution in [3.05, 3.63) is 48.3 Å². The molecule has 3 saturated heterocycles. The van der Waals surface area contributed by atoms with Crippen LogP contribution in [0, 0.1) is 17.8 Å². The Balaban J connectivity index is 1.60. The van der Waals surface area contributed by atoms with Gasteiger partial charge in [-0.2, -0.15) is 5.10 Å². The average Bonchev–Trinajstić information content (AvgIpc) is 3.73. The van der Waals surface area contributed by atoms with Gasteiger partial charge in [0.15, 0.2) is 12.1 Å². The number of oxime groups is 1. The molecule has 1 aromatic heterocycles. The zero-order valence-corrected chi connectivity index (χ0v) is 36.1. The van der Waals surface area contributed by atoms with Gasteiger partial charge in [-0.05, 0) is 90.7 Å². The van der Waals surface area contributed by atoms with Crippen molar-refractivity contribution in [1.82, 2.24) is 14.7 Å². The van der Waals surface area contributed by atoms with Crippen molar-refractivity contribution >= 4 is 29.1 Å². The first kappa shape index (κ1) is 46.2. The SMILES string of the molecule is CC[C@H]1OC(=O)[C@H](C)C(=O)[C@H](C)[C@@H](O[C@@H]2O[C@H](C)C[C@H](N(C)C)[C@H]2O)[C@@]2(C)C[C@@H](C)C(=NC(C)=O)C[C@@H](OC/C(=N/OCc3ccc(-n4cccn4)cc3)CO2)[C@]1(C)O. The molecule has 0 radical (unpaired) electrons. The van der Waals surface area contributed by atoms with Crippen LogP contribution < -0.4 is 0 Å². The van der Waals surface area contributed by atoms with E-state index in [-0.39, 0.29) is 51.2 Å². The van der Waals surface area contributed by atoms with Gasteiger partial charge in [-0.25, -0.2) is 9.67 Å². The summed E-state index contributed by atoms with van der Waals surface area (Å²) in [5.74, 6) is -4.54. The van der Waals surface area contributed by atoms with Gasteiger partial charge >= 0.3 is 5.97 Å². The highest BCUT2D eigenvalue weighted by Gasteiger charge is 2.51. The number of ether oxygens (including phenoxy) is 5. The van der Waals surface area contributed by atoms with Gasteiger partial charge in [0.05, 0.1) is 42.8 Å². The number of aliphatic hydroxyl groups excluding tert-OH is 1. The third-order valence-electron chi connectivity index (χ3n) is 11.9. The third-order valence-corrected chi connectivity index (χ3v) is 11.9. The molecule has 3 aliphatic heterocycles. The minimum absolute atomic E-state index is 0.0172. The molecule has 16 heteroatoms. The van der Waals surface area contributed by atoms with Crippen molar-refractivity contribution in [2.75, 3.05) is 27.3 Å². The highest BCUT2D eigenvalue weighted by Crippen LogP contribution is 2.39. The predicted molar refractivity (Wildman–Crippen MR) is 218 cm³/mol. The first-order valence-electron chi connectivity index (χ1n) is 20.6. The lowest BCUT2D eigenvalue weighted by molar-refractivity contribution is -0.296. The number of hydrogen-bond donors (Lipinski definition) is 2. The van der Waals surface area contributed by atoms with Crippen LogP contribution in [-0.4, -0.2) is 135 Å². The molecule has 3 fully saturated rings. The number of carbonyl (C=O) groups is 3. The lowest BCUT2D eigenvalue weighted by atomic mass is 9.76. The third kappa shape index (κ3) is 11.1. The van der Waals surface area contributed by atoms with E-state index in [1.807, 2.05) is 69.4 Å². The lowest BCUT2D eigenvalue weighted by Gasteiger charge is -2.47. The Labute approximate surface area is 347 Å². The van der Waals surface area contributed by atoms with E-state index in [1.165, 1.54) is 20.8 Å². The minimum atomic E-state index is -1.82. The maximum atomic E-state index is 14.5. The first-order chi connectivity index (χ1) is 27.8. The molecule has 0 saturated carbocycles. The summed E-state index contributed by atoms with van der Waals surface area (Å²) in [4.78, 5) is 53.2. The van der Waals surface area contributed by atoms with Crippen LogP contribution in [0.4, 0.5) is 0 Å². The van der Waals surface area contributed by atoms with Gasteiger partial charge in [0.2, 0.25) is 5.91 Å². The molecular weight excluding hydrogens is 762 g/mol. The van der Waals surface area contributed by atoms with Crippen LogP contribution in [0.5, 0.6) is 0 Å². The second-order valence-corrected chi connectivity index (χ2v) is 17.0. The van der Waals surface area contributed by atoms with Crippen LogP contribution in [0.15, 0.2) is 52.9 Å². The molecule has 0 spiro atoms. The number of ketones is 1. The number of amides is 1. The summed E-state index contributed by atoms with van der Waals surface area (Å²) in [5.41, 5.74) is -0.759. The number of Topliss-reactive ketones (excluding diaryl/α,β-unsaturated/α-hetero) is 1. The Hall–Kier alpha value is -3.90. The van der Waals surface area contributed by atoms with Crippen LogP contribution in [0.3, 0.4) is 0 Å². The van der Waals surface area contributed by atoms with Gasteiger partial charge in [-0.15, -0.1) is 0 Å². The Morgan fingerprint density at radius 3 is 2.44 bits per heavy atom. The maximum absolute atomic E-state index is 14.5. The van der Waals surface area contributed by atoms with Crippen molar-refractivity contribution in [3.8, 4) is 5.69 Å². The predicted octanol–water partition coefficient (Wildman–Crippen LogP) is 4.06. The number of likely N-dealkylation sites (N-methyl/N-ethyl adjacent to an activating group) is 1. The number of carbonyl (C=O) groups excluding carboxylic acids is 3. The molecule has 16 nitrogen and oxygen atoms in total. The maximum Gasteiger partial charge on any atom is 0.316 e. The molecule has 59 heavy (non-hydrogen) atoms. The second-order valence-electron chi connectivity index (χ2n) is 17.0. The monoisotopic (exact) mass is 825 g/mol. The fourth-order valence-corrected chi connectivity index (χ4v) is 8.39. The smallest absolute Gasteiger partial charge is 0.316 e. The molecular formula is C43H63N5O11. The average molecular weight is 826 g/mol. The summed E-state index contributed by atoms with van der Waals surface area (Å²) < 4.78 is 34.0. The van der Waals surface area contributed by atoms with E-state index in [4.69, 9.17) is 28.5 Å². The minimum Gasteiger partial charge on any atom is -0.459 e. The molecule has 5 rings (SSSR count). The molecule has 2 N–H and O–H groups in total. The van der Waals surface area contributed by atoms with Crippen molar-refractivity contribution in [3.63, 3.8) is 0 Å². The summed E-state index contributed by atoms with van der Waals surface area (Å²) in [6.07, 6.45) is -1.46. The van der Waals surface area contributed by atoms with Crippen LogP contribution in [0.25, 0.3) is 5.69 Å². The molecule has 2 bridgehead atoms. The van der Waals surface area contributed by atoms with Gasteiger partial charge in [0, 0.05) is 43.4 Å². The largest absolute Gasteiger partial charge is 0.459 e. The summed E-state index contributed by atoms with van der Waals surface area (Å²) in [6.45, 7) is 13.1. The molecule has 0 unspecified atom stereocenters. The number of aliphatic imine (C=N–C) groups is 1. The van der Waals surface area contributed by atoms with E-state index in [2.05, 4.69) is 15.2 Å². The Morgan fingerprint density at radius 2 is 1.81 bits per heavy atom. The quantitative estimate of drug-likeness (QED) is 0.220. The highest BCUT2D eigenvalue weighted by atomic mass is 16.7. The van der Waals surface area contributed by atoms with Gasteiger partial charge in [-0.1, -0.05) is 38.1 Å². The molecule has 1 amide bonds. The van der Waals surface area contributed by atoms with Crippen LogP contribution in [-0.2, 0) is 49.5 Å². The van der Waals surface area contributed by atoms with Crippen molar-refractivity contribution in [1.29, 1.82) is 0 Å². The second kappa shape index (κ2) is 19.7. The van der Waals surface area contributed by atoms with E-state index in [0.717, 1.165) is 11.3 Å². The zero-order chi connectivity index (χ0) is 43.2. The van der Waals surface area contributed by atoms with Gasteiger partial charge in [0.1, 0.15) is 36.0 Å². The van der Waals surface area contributed by atoms with Gasteiger partial charge in [0.25, 0.3) is 0 Å². The number of benzene rings is 1. The van der Waals surface area contributed by atoms with E-state index in [1.54, 1.807) is 31.6 Å². The van der Waals surface area contributed by atoms with Crippen molar-refractivity contribution in [2.45, 2.75) is 142 Å². The standard InChI is InChI=1S/C43H63N5O11/c1-11-35-43(8,53)36-20-33(45-29(6)49)25(2)21-42(7,55-24-31(23-54-36)46-56-22-30-13-15-32(16-14-30)48-18-12-17-44-48)39(27(4)37(50)28(5)40(52)58-35)59-41-38(51)34(47(9)10)19-26(3)57-41/h12-18,25-28,34-36,38-39,41,51,53H,11,19-24H2,1-10H3/b45-33?,46-31-/t25-,26-,27+,28-,34+,35-,36-,38-,39-,41+,42-,43-/m1/s1. The van der Waals surface area contributed by atoms with E-state index in [0.29, 0.717) is 17.8 Å². The van der Waals surface area contributed by atoms with Crippen molar-refractivity contribution < 1.29 is 53.1 Å². The normalized spacial score (nSPS) is 36.8. The van der Waals surface area contributed by atoms with Gasteiger partial charge in [-0.3, -0.25) is 14.4 Å². The number of nitrogens with zero attached hydrogens (tertiary/aromatic N) is 5. The first-order valence-corrected chi connectivity index (χ1v) is 20.6. The van der Waals surface area contributed by atoms with E-state index < -0.39 is 77.3 Å².